The molecule has 2 aromatic carbocycles. The molecule has 2 aromatic rings. The summed E-state index contributed by atoms with van der Waals surface area (Å²) in [7, 11) is -3.78. The summed E-state index contributed by atoms with van der Waals surface area (Å²) in [6, 6.07) is 11.6. The van der Waals surface area contributed by atoms with Crippen molar-refractivity contribution in [2.24, 2.45) is 0 Å². The van der Waals surface area contributed by atoms with Crippen molar-refractivity contribution in [2.75, 3.05) is 17.1 Å². The fourth-order valence-electron chi connectivity index (χ4n) is 4.49. The lowest BCUT2D eigenvalue weighted by atomic mass is 10.1. The van der Waals surface area contributed by atoms with Crippen LogP contribution >= 0.6 is 27.5 Å². The van der Waals surface area contributed by atoms with Crippen LogP contribution in [0.3, 0.4) is 0 Å². The summed E-state index contributed by atoms with van der Waals surface area (Å²) in [5.74, 6) is -0.704. The molecule has 0 unspecified atom stereocenters. The highest BCUT2D eigenvalue weighted by atomic mass is 79.9. The number of carbonyl (C=O) groups is 2. The molecule has 0 aliphatic heterocycles. The lowest BCUT2D eigenvalue weighted by Crippen LogP contribution is -2.53. The minimum Gasteiger partial charge on any atom is -0.352 e. The van der Waals surface area contributed by atoms with Crippen LogP contribution in [0, 0.1) is 6.92 Å². The molecular weight excluding hydrogens is 566 g/mol. The molecule has 1 saturated carbocycles. The monoisotopic (exact) mass is 597 g/mol. The van der Waals surface area contributed by atoms with Crippen LogP contribution < -0.4 is 9.62 Å². The maximum atomic E-state index is 13.8. The van der Waals surface area contributed by atoms with Crippen LogP contribution in [0.15, 0.2) is 46.9 Å². The molecule has 1 aliphatic carbocycles. The largest absolute Gasteiger partial charge is 0.352 e. The van der Waals surface area contributed by atoms with Gasteiger partial charge in [-0.05, 0) is 61.6 Å². The van der Waals surface area contributed by atoms with Crippen molar-refractivity contribution in [3.8, 4) is 0 Å². The fourth-order valence-corrected chi connectivity index (χ4v) is 5.78. The van der Waals surface area contributed by atoms with E-state index in [4.69, 9.17) is 11.6 Å². The number of hydrogen-bond acceptors (Lipinski definition) is 4. The van der Waals surface area contributed by atoms with Crippen LogP contribution in [-0.2, 0) is 26.2 Å². The van der Waals surface area contributed by atoms with Crippen LogP contribution in [0.1, 0.15) is 50.2 Å². The summed E-state index contributed by atoms with van der Waals surface area (Å²) >= 11 is 9.82. The Labute approximate surface area is 227 Å². The highest BCUT2D eigenvalue weighted by Crippen LogP contribution is 2.26. The Hall–Kier alpha value is -2.10. The number of amides is 2. The van der Waals surface area contributed by atoms with E-state index in [-0.39, 0.29) is 18.5 Å². The molecule has 196 valence electrons. The predicted molar refractivity (Wildman–Crippen MR) is 148 cm³/mol. The second-order valence-electron chi connectivity index (χ2n) is 9.23. The molecule has 10 heteroatoms. The van der Waals surface area contributed by atoms with Gasteiger partial charge in [0.1, 0.15) is 12.6 Å². The molecule has 7 nitrogen and oxygen atoms in total. The highest BCUT2D eigenvalue weighted by Gasteiger charge is 2.33. The van der Waals surface area contributed by atoms with Gasteiger partial charge >= 0.3 is 0 Å². The van der Waals surface area contributed by atoms with Crippen molar-refractivity contribution in [1.82, 2.24) is 10.2 Å². The first kappa shape index (κ1) is 28.5. The second kappa shape index (κ2) is 12.4. The molecular formula is C26H33BrClN3O4S. The predicted octanol–water partition coefficient (Wildman–Crippen LogP) is 5.04. The van der Waals surface area contributed by atoms with Crippen LogP contribution in [0.4, 0.5) is 5.69 Å². The molecule has 1 atom stereocenters. The van der Waals surface area contributed by atoms with Crippen LogP contribution in [0.25, 0.3) is 0 Å². The summed E-state index contributed by atoms with van der Waals surface area (Å²) in [5.41, 5.74) is 1.90. The SMILES string of the molecule is CC[C@@H](C(=O)NC1CCCC1)N(Cc1ccccc1Cl)C(=O)CN(c1ccc(Br)c(C)c1)S(C)(=O)=O. The highest BCUT2D eigenvalue weighted by molar-refractivity contribution is 9.10. The van der Waals surface area contributed by atoms with Gasteiger partial charge in [-0.1, -0.05) is 65.5 Å². The van der Waals surface area contributed by atoms with Crippen LogP contribution in [0.5, 0.6) is 0 Å². The van der Waals surface area contributed by atoms with Gasteiger partial charge in [-0.2, -0.15) is 0 Å². The number of nitrogens with one attached hydrogen (secondary N) is 1. The first-order valence-corrected chi connectivity index (χ1v) is 15.1. The Bertz CT molecular complexity index is 1200. The summed E-state index contributed by atoms with van der Waals surface area (Å²) < 4.78 is 27.4. The molecule has 3 rings (SSSR count). The molecule has 0 aromatic heterocycles. The third-order valence-corrected chi connectivity index (χ3v) is 8.89. The summed E-state index contributed by atoms with van der Waals surface area (Å²) in [6.07, 6.45) is 5.43. The maximum Gasteiger partial charge on any atom is 0.244 e. The zero-order valence-corrected chi connectivity index (χ0v) is 24.0. The zero-order valence-electron chi connectivity index (χ0n) is 20.8. The first-order chi connectivity index (χ1) is 17.0. The maximum absolute atomic E-state index is 13.8. The molecule has 0 heterocycles. The Balaban J connectivity index is 1.94. The van der Waals surface area contributed by atoms with Gasteiger partial charge in [0.05, 0.1) is 11.9 Å². The number of anilines is 1. The molecule has 2 amide bonds. The fraction of sp³-hybridized carbons (Fsp3) is 0.462. The Kier molecular flexibility index (Phi) is 9.83. The number of halogens is 2. The molecule has 1 N–H and O–H groups in total. The van der Waals surface area contributed by atoms with Gasteiger partial charge in [0, 0.05) is 22.1 Å². The van der Waals surface area contributed by atoms with E-state index < -0.39 is 28.5 Å². The smallest absolute Gasteiger partial charge is 0.244 e. The van der Waals surface area contributed by atoms with Crippen molar-refractivity contribution < 1.29 is 18.0 Å². The van der Waals surface area contributed by atoms with Gasteiger partial charge in [0.25, 0.3) is 0 Å². The van der Waals surface area contributed by atoms with Gasteiger partial charge in [-0.25, -0.2) is 8.42 Å². The third kappa shape index (κ3) is 7.23. The van der Waals surface area contributed by atoms with Gasteiger partial charge in [-0.3, -0.25) is 13.9 Å². The van der Waals surface area contributed by atoms with Gasteiger partial charge in [0.15, 0.2) is 0 Å². The molecule has 1 aliphatic rings. The number of rotatable bonds is 10. The lowest BCUT2D eigenvalue weighted by molar-refractivity contribution is -0.140. The number of carbonyl (C=O) groups excluding carboxylic acids is 2. The van der Waals surface area contributed by atoms with Crippen molar-refractivity contribution in [3.63, 3.8) is 0 Å². The molecule has 0 spiro atoms. The van der Waals surface area contributed by atoms with Crippen molar-refractivity contribution >= 4 is 55.1 Å². The van der Waals surface area contributed by atoms with Crippen molar-refractivity contribution in [2.45, 2.75) is 64.6 Å². The third-order valence-electron chi connectivity index (χ3n) is 6.49. The van der Waals surface area contributed by atoms with Crippen LogP contribution in [-0.4, -0.2) is 50.0 Å². The van der Waals surface area contributed by atoms with Gasteiger partial charge in [-0.15, -0.1) is 0 Å². The second-order valence-corrected chi connectivity index (χ2v) is 12.4. The summed E-state index contributed by atoms with van der Waals surface area (Å²) in [5, 5.41) is 3.57. The summed E-state index contributed by atoms with van der Waals surface area (Å²) in [6.45, 7) is 3.35. The van der Waals surface area contributed by atoms with E-state index in [2.05, 4.69) is 21.2 Å². The number of sulfonamides is 1. The number of hydrogen-bond donors (Lipinski definition) is 1. The number of nitrogens with zero attached hydrogens (tertiary/aromatic N) is 2. The Morgan fingerprint density at radius 1 is 1.17 bits per heavy atom. The van der Waals surface area contributed by atoms with E-state index in [0.29, 0.717) is 22.7 Å². The number of benzene rings is 2. The minimum absolute atomic E-state index is 0.0894. The van der Waals surface area contributed by atoms with Crippen molar-refractivity contribution in [3.05, 3.63) is 63.1 Å². The Morgan fingerprint density at radius 3 is 2.42 bits per heavy atom. The number of aryl methyl sites for hydroxylation is 1. The summed E-state index contributed by atoms with van der Waals surface area (Å²) in [4.78, 5) is 28.5. The molecule has 36 heavy (non-hydrogen) atoms. The average molecular weight is 599 g/mol. The van der Waals surface area contributed by atoms with Crippen LogP contribution in [0.2, 0.25) is 5.02 Å². The van der Waals surface area contributed by atoms with E-state index in [1.165, 1.54) is 4.90 Å². The Morgan fingerprint density at radius 2 is 1.83 bits per heavy atom. The van der Waals surface area contributed by atoms with E-state index in [0.717, 1.165) is 46.3 Å². The lowest BCUT2D eigenvalue weighted by Gasteiger charge is -2.33. The van der Waals surface area contributed by atoms with E-state index in [1.54, 1.807) is 36.4 Å². The molecule has 0 saturated heterocycles. The molecule has 0 radical (unpaired) electrons. The van der Waals surface area contributed by atoms with E-state index in [9.17, 15) is 18.0 Å². The van der Waals surface area contributed by atoms with Gasteiger partial charge < -0.3 is 10.2 Å². The first-order valence-electron chi connectivity index (χ1n) is 12.1. The minimum atomic E-state index is -3.78. The quantitative estimate of drug-likeness (QED) is 0.415. The normalized spacial score (nSPS) is 14.9. The topological polar surface area (TPSA) is 86.8 Å². The molecule has 0 bridgehead atoms. The molecule has 1 fully saturated rings. The zero-order chi connectivity index (χ0) is 26.5. The average Bonchev–Trinajstić information content (AvgIpc) is 3.32. The van der Waals surface area contributed by atoms with E-state index >= 15 is 0 Å². The van der Waals surface area contributed by atoms with E-state index in [1.807, 2.05) is 19.9 Å². The standard InChI is InChI=1S/C26H33BrClN3O4S/c1-4-24(26(33)29-20-10-6-7-11-20)30(16-19-9-5-8-12-23(19)28)25(32)17-31(36(3,34)35)21-13-14-22(27)18(2)15-21/h5,8-9,12-15,20,24H,4,6-7,10-11,16-17H2,1-3H3,(H,29,33)/t24-/m0/s1. The van der Waals surface area contributed by atoms with Crippen molar-refractivity contribution in [1.29, 1.82) is 0 Å². The van der Waals surface area contributed by atoms with Gasteiger partial charge in [0.2, 0.25) is 21.8 Å².